The number of ether oxygens (including phenoxy) is 2. The molecule has 0 aromatic carbocycles. The zero-order chi connectivity index (χ0) is 15.6. The van der Waals surface area contributed by atoms with Crippen LogP contribution in [0, 0.1) is 0 Å². The van der Waals surface area contributed by atoms with Crippen molar-refractivity contribution in [3.8, 4) is 5.88 Å². The number of aromatic nitrogens is 1. The van der Waals surface area contributed by atoms with E-state index in [0.717, 1.165) is 16.6 Å². The highest BCUT2D eigenvalue weighted by molar-refractivity contribution is 9.10. The van der Waals surface area contributed by atoms with E-state index in [0.29, 0.717) is 19.0 Å². The minimum Gasteiger partial charge on any atom is -0.480 e. The third kappa shape index (κ3) is 4.09. The molecule has 0 saturated carbocycles. The summed E-state index contributed by atoms with van der Waals surface area (Å²) in [7, 11) is 1.60. The van der Waals surface area contributed by atoms with Gasteiger partial charge in [-0.05, 0) is 55.3 Å². The first-order valence-corrected chi connectivity index (χ1v) is 7.78. The third-order valence-electron chi connectivity index (χ3n) is 3.29. The fourth-order valence-corrected chi connectivity index (χ4v) is 2.68. The molecule has 1 saturated heterocycles. The van der Waals surface area contributed by atoms with Crippen LogP contribution >= 0.6 is 15.9 Å². The minimum atomic E-state index is -0.464. The summed E-state index contributed by atoms with van der Waals surface area (Å²) >= 11 is 3.40. The summed E-state index contributed by atoms with van der Waals surface area (Å²) in [5.74, 6) is 0.794. The molecule has 21 heavy (non-hydrogen) atoms. The lowest BCUT2D eigenvalue weighted by Gasteiger charge is -2.24. The predicted octanol–water partition coefficient (Wildman–Crippen LogP) is 3.58. The van der Waals surface area contributed by atoms with E-state index in [4.69, 9.17) is 9.47 Å². The van der Waals surface area contributed by atoms with Gasteiger partial charge in [0.15, 0.2) is 0 Å². The van der Waals surface area contributed by atoms with Crippen LogP contribution in [0.15, 0.2) is 16.6 Å². The highest BCUT2D eigenvalue weighted by atomic mass is 79.9. The molecule has 1 aromatic heterocycles. The lowest BCUT2D eigenvalue weighted by molar-refractivity contribution is 0.0292. The van der Waals surface area contributed by atoms with Crippen LogP contribution in [0.2, 0.25) is 0 Å². The number of likely N-dealkylation sites (tertiary alicyclic amines) is 1. The number of nitrogens with zero attached hydrogens (tertiary/aromatic N) is 2. The van der Waals surface area contributed by atoms with Crippen molar-refractivity contribution >= 4 is 22.0 Å². The monoisotopic (exact) mass is 356 g/mol. The Hall–Kier alpha value is -1.30. The molecule has 0 bridgehead atoms. The normalized spacial score (nSPS) is 18.7. The molecular weight excluding hydrogens is 336 g/mol. The molecule has 0 aliphatic carbocycles. The number of carbonyl (C=O) groups is 1. The number of methoxy groups -OCH3 is 1. The smallest absolute Gasteiger partial charge is 0.410 e. The van der Waals surface area contributed by atoms with Gasteiger partial charge in [0, 0.05) is 24.7 Å². The summed E-state index contributed by atoms with van der Waals surface area (Å²) in [6, 6.07) is 3.90. The van der Waals surface area contributed by atoms with Gasteiger partial charge in [-0.3, -0.25) is 0 Å². The highest BCUT2D eigenvalue weighted by Gasteiger charge is 2.31. The van der Waals surface area contributed by atoms with Gasteiger partial charge in [-0.1, -0.05) is 0 Å². The van der Waals surface area contributed by atoms with Crippen LogP contribution in [0.1, 0.15) is 38.8 Å². The van der Waals surface area contributed by atoms with Crippen molar-refractivity contribution in [1.29, 1.82) is 0 Å². The highest BCUT2D eigenvalue weighted by Crippen LogP contribution is 2.30. The first-order chi connectivity index (χ1) is 9.80. The number of pyridine rings is 1. The topological polar surface area (TPSA) is 51.7 Å². The maximum Gasteiger partial charge on any atom is 0.410 e. The van der Waals surface area contributed by atoms with Gasteiger partial charge >= 0.3 is 6.09 Å². The molecule has 0 N–H and O–H groups in total. The van der Waals surface area contributed by atoms with E-state index in [1.165, 1.54) is 0 Å². The van der Waals surface area contributed by atoms with Crippen LogP contribution in [-0.4, -0.2) is 41.8 Å². The molecular formula is C15H21BrN2O3. The van der Waals surface area contributed by atoms with Crippen molar-refractivity contribution in [2.45, 2.75) is 38.7 Å². The summed E-state index contributed by atoms with van der Waals surface area (Å²) in [5.41, 5.74) is 0.481. The fourth-order valence-electron chi connectivity index (χ4n) is 2.30. The second-order valence-corrected chi connectivity index (χ2v) is 6.99. The Kier molecular flexibility index (Phi) is 4.76. The first-order valence-electron chi connectivity index (χ1n) is 6.98. The number of rotatable bonds is 2. The molecule has 2 rings (SSSR count). The van der Waals surface area contributed by atoms with E-state index in [1.807, 2.05) is 32.9 Å². The van der Waals surface area contributed by atoms with Crippen molar-refractivity contribution < 1.29 is 14.3 Å². The molecule has 6 heteroatoms. The lowest BCUT2D eigenvalue weighted by atomic mass is 10.0. The van der Waals surface area contributed by atoms with E-state index < -0.39 is 5.60 Å². The second-order valence-electron chi connectivity index (χ2n) is 6.14. The molecule has 0 radical (unpaired) electrons. The summed E-state index contributed by atoms with van der Waals surface area (Å²) in [6.07, 6.45) is 0.630. The predicted molar refractivity (Wildman–Crippen MR) is 83.7 cm³/mol. The van der Waals surface area contributed by atoms with Gasteiger partial charge in [0.1, 0.15) is 5.60 Å². The van der Waals surface area contributed by atoms with Gasteiger partial charge in [-0.2, -0.15) is 0 Å². The average molecular weight is 357 g/mol. The van der Waals surface area contributed by atoms with Crippen molar-refractivity contribution in [2.24, 2.45) is 0 Å². The lowest BCUT2D eigenvalue weighted by Crippen LogP contribution is -2.35. The number of hydrogen-bond acceptors (Lipinski definition) is 4. The zero-order valence-corrected chi connectivity index (χ0v) is 14.4. The van der Waals surface area contributed by atoms with Crippen molar-refractivity contribution in [3.05, 3.63) is 22.3 Å². The Labute approximate surface area is 133 Å². The number of hydrogen-bond donors (Lipinski definition) is 0. The Morgan fingerprint density at radius 3 is 2.76 bits per heavy atom. The Morgan fingerprint density at radius 2 is 2.14 bits per heavy atom. The van der Waals surface area contributed by atoms with Gasteiger partial charge in [0.2, 0.25) is 5.88 Å². The van der Waals surface area contributed by atoms with E-state index in [1.54, 1.807) is 12.0 Å². The molecule has 1 aromatic rings. The molecule has 2 heterocycles. The molecule has 1 fully saturated rings. The van der Waals surface area contributed by atoms with Crippen LogP contribution in [0.4, 0.5) is 4.79 Å². The Balaban J connectivity index is 2.04. The maximum absolute atomic E-state index is 12.1. The largest absolute Gasteiger partial charge is 0.480 e. The molecule has 1 atom stereocenters. The molecule has 1 amide bonds. The molecule has 1 aliphatic rings. The fraction of sp³-hybridized carbons (Fsp3) is 0.600. The van der Waals surface area contributed by atoms with E-state index in [9.17, 15) is 4.79 Å². The first kappa shape index (κ1) is 16.1. The van der Waals surface area contributed by atoms with Gasteiger partial charge in [-0.15, -0.1) is 0 Å². The quantitative estimate of drug-likeness (QED) is 0.812. The maximum atomic E-state index is 12.1. The van der Waals surface area contributed by atoms with E-state index in [2.05, 4.69) is 20.9 Å². The summed E-state index contributed by atoms with van der Waals surface area (Å²) in [6.45, 7) is 6.95. The second kappa shape index (κ2) is 6.22. The third-order valence-corrected chi connectivity index (χ3v) is 3.89. The minimum absolute atomic E-state index is 0.222. The SMILES string of the molecule is COc1nc(C2CCN(C(=O)OC(C)(C)C)C2)ccc1Br. The van der Waals surface area contributed by atoms with Crippen molar-refractivity contribution in [1.82, 2.24) is 9.88 Å². The van der Waals surface area contributed by atoms with Crippen LogP contribution in [0.5, 0.6) is 5.88 Å². The Bertz CT molecular complexity index is 528. The number of carbonyl (C=O) groups excluding carboxylic acids is 1. The van der Waals surface area contributed by atoms with Gasteiger partial charge in [0.25, 0.3) is 0 Å². The molecule has 0 spiro atoms. The molecule has 1 aliphatic heterocycles. The summed E-state index contributed by atoms with van der Waals surface area (Å²) in [5, 5.41) is 0. The standard InChI is InChI=1S/C15H21BrN2O3/c1-15(2,3)21-14(19)18-8-7-10(9-18)12-6-5-11(16)13(17-12)20-4/h5-6,10H,7-9H2,1-4H3. The number of halogens is 1. The van der Waals surface area contributed by atoms with Crippen LogP contribution in [0.3, 0.4) is 0 Å². The summed E-state index contributed by atoms with van der Waals surface area (Å²) in [4.78, 5) is 18.3. The van der Waals surface area contributed by atoms with Crippen LogP contribution < -0.4 is 4.74 Å². The Morgan fingerprint density at radius 1 is 1.43 bits per heavy atom. The van der Waals surface area contributed by atoms with Gasteiger partial charge < -0.3 is 14.4 Å². The number of amides is 1. The molecule has 116 valence electrons. The van der Waals surface area contributed by atoms with Gasteiger partial charge in [-0.25, -0.2) is 9.78 Å². The van der Waals surface area contributed by atoms with Crippen molar-refractivity contribution in [2.75, 3.05) is 20.2 Å². The molecule has 1 unspecified atom stereocenters. The van der Waals surface area contributed by atoms with Gasteiger partial charge in [0.05, 0.1) is 11.6 Å². The van der Waals surface area contributed by atoms with E-state index in [-0.39, 0.29) is 12.0 Å². The van der Waals surface area contributed by atoms with E-state index >= 15 is 0 Å². The molecule has 5 nitrogen and oxygen atoms in total. The average Bonchev–Trinajstić information content (AvgIpc) is 2.87. The van der Waals surface area contributed by atoms with Crippen molar-refractivity contribution in [3.63, 3.8) is 0 Å². The van der Waals surface area contributed by atoms with Crippen LogP contribution in [0.25, 0.3) is 0 Å². The summed E-state index contributed by atoms with van der Waals surface area (Å²) < 4.78 is 11.5. The zero-order valence-electron chi connectivity index (χ0n) is 12.9. The van der Waals surface area contributed by atoms with Crippen LogP contribution in [-0.2, 0) is 4.74 Å².